The van der Waals surface area contributed by atoms with Gasteiger partial charge < -0.3 is 20.2 Å². The summed E-state index contributed by atoms with van der Waals surface area (Å²) in [6.45, 7) is 7.00. The molecule has 0 radical (unpaired) electrons. The maximum Gasteiger partial charge on any atom is 0.340 e. The van der Waals surface area contributed by atoms with Crippen LogP contribution in [-0.4, -0.2) is 35.4 Å². The second-order valence-electron chi connectivity index (χ2n) is 5.86. The standard InChI is InChI=1S/C19H22N2O5/c1-5-25-19(24)15-10(2)16(21-11(15)3)17(22)12(4)26-14-8-6-13(7-9-14)18(20)23/h6-9,12,21H,5H2,1-4H3,(H2,20,23)/t12-/m0/s1. The largest absolute Gasteiger partial charge is 0.483 e. The van der Waals surface area contributed by atoms with E-state index >= 15 is 0 Å². The van der Waals surface area contributed by atoms with Crippen LogP contribution >= 0.6 is 0 Å². The average Bonchev–Trinajstić information content (AvgIpc) is 2.89. The maximum atomic E-state index is 12.7. The van der Waals surface area contributed by atoms with Crippen LogP contribution in [0.3, 0.4) is 0 Å². The van der Waals surface area contributed by atoms with E-state index in [0.29, 0.717) is 33.8 Å². The molecule has 0 aliphatic rings. The summed E-state index contributed by atoms with van der Waals surface area (Å²) in [6, 6.07) is 6.19. The van der Waals surface area contributed by atoms with E-state index in [0.717, 1.165) is 0 Å². The zero-order valence-corrected chi connectivity index (χ0v) is 15.2. The number of hydrogen-bond acceptors (Lipinski definition) is 5. The van der Waals surface area contributed by atoms with E-state index in [4.69, 9.17) is 15.2 Å². The number of Topliss-reactive ketones (excluding diaryl/α,β-unsaturated/α-hetero) is 1. The molecule has 7 nitrogen and oxygen atoms in total. The summed E-state index contributed by atoms with van der Waals surface area (Å²) < 4.78 is 10.7. The molecular weight excluding hydrogens is 336 g/mol. The number of hydrogen-bond donors (Lipinski definition) is 2. The molecule has 26 heavy (non-hydrogen) atoms. The van der Waals surface area contributed by atoms with Crippen molar-refractivity contribution in [1.29, 1.82) is 0 Å². The highest BCUT2D eigenvalue weighted by molar-refractivity contribution is 6.03. The van der Waals surface area contributed by atoms with Gasteiger partial charge in [0.05, 0.1) is 17.9 Å². The Morgan fingerprint density at radius 3 is 2.31 bits per heavy atom. The first-order chi connectivity index (χ1) is 12.3. The van der Waals surface area contributed by atoms with Crippen molar-refractivity contribution in [2.75, 3.05) is 6.61 Å². The van der Waals surface area contributed by atoms with Crippen molar-refractivity contribution < 1.29 is 23.9 Å². The van der Waals surface area contributed by atoms with Gasteiger partial charge in [0.15, 0.2) is 6.10 Å². The Balaban J connectivity index is 2.19. The number of H-pyrrole nitrogens is 1. The summed E-state index contributed by atoms with van der Waals surface area (Å²) >= 11 is 0. The molecule has 2 rings (SSSR count). The lowest BCUT2D eigenvalue weighted by atomic mass is 10.1. The van der Waals surface area contributed by atoms with Gasteiger partial charge in [0, 0.05) is 11.3 Å². The van der Waals surface area contributed by atoms with Gasteiger partial charge in [0.25, 0.3) is 0 Å². The van der Waals surface area contributed by atoms with Gasteiger partial charge in [-0.2, -0.15) is 0 Å². The minimum atomic E-state index is -0.791. The van der Waals surface area contributed by atoms with E-state index in [9.17, 15) is 14.4 Å². The number of ether oxygens (including phenoxy) is 2. The summed E-state index contributed by atoms with van der Waals surface area (Å²) in [5.41, 5.74) is 7.33. The van der Waals surface area contributed by atoms with Crippen LogP contribution in [0, 0.1) is 13.8 Å². The molecule has 138 valence electrons. The van der Waals surface area contributed by atoms with Crippen LogP contribution in [0.15, 0.2) is 24.3 Å². The number of rotatable bonds is 7. The van der Waals surface area contributed by atoms with Crippen molar-refractivity contribution in [3.63, 3.8) is 0 Å². The Labute approximate surface area is 151 Å². The highest BCUT2D eigenvalue weighted by atomic mass is 16.5. The minimum Gasteiger partial charge on any atom is -0.483 e. The van der Waals surface area contributed by atoms with E-state index in [-0.39, 0.29) is 12.4 Å². The summed E-state index contributed by atoms with van der Waals surface area (Å²) in [5, 5.41) is 0. The van der Waals surface area contributed by atoms with Crippen LogP contribution in [0.2, 0.25) is 0 Å². The molecule has 1 atom stereocenters. The van der Waals surface area contributed by atoms with Gasteiger partial charge in [-0.25, -0.2) is 4.79 Å². The zero-order chi connectivity index (χ0) is 19.4. The lowest BCUT2D eigenvalue weighted by Gasteiger charge is -2.14. The van der Waals surface area contributed by atoms with Crippen LogP contribution in [0.5, 0.6) is 5.75 Å². The molecule has 0 unspecified atom stereocenters. The molecule has 3 N–H and O–H groups in total. The molecule has 0 saturated heterocycles. The number of aryl methyl sites for hydroxylation is 1. The van der Waals surface area contributed by atoms with Crippen LogP contribution in [-0.2, 0) is 4.74 Å². The third kappa shape index (κ3) is 3.93. The monoisotopic (exact) mass is 358 g/mol. The minimum absolute atomic E-state index is 0.257. The fraction of sp³-hybridized carbons (Fsp3) is 0.316. The zero-order valence-electron chi connectivity index (χ0n) is 15.2. The Kier molecular flexibility index (Phi) is 5.82. The number of esters is 1. The van der Waals surface area contributed by atoms with Gasteiger partial charge >= 0.3 is 5.97 Å². The second kappa shape index (κ2) is 7.86. The van der Waals surface area contributed by atoms with Crippen molar-refractivity contribution in [2.24, 2.45) is 5.73 Å². The highest BCUT2D eigenvalue weighted by Gasteiger charge is 2.26. The van der Waals surface area contributed by atoms with Gasteiger partial charge in [-0.15, -0.1) is 0 Å². The fourth-order valence-corrected chi connectivity index (χ4v) is 2.66. The van der Waals surface area contributed by atoms with Gasteiger partial charge in [-0.3, -0.25) is 9.59 Å². The molecule has 0 bridgehead atoms. The van der Waals surface area contributed by atoms with Crippen LogP contribution in [0.25, 0.3) is 0 Å². The van der Waals surface area contributed by atoms with Gasteiger partial charge in [-0.1, -0.05) is 0 Å². The van der Waals surface area contributed by atoms with Crippen molar-refractivity contribution in [1.82, 2.24) is 4.98 Å². The Morgan fingerprint density at radius 2 is 1.77 bits per heavy atom. The van der Waals surface area contributed by atoms with E-state index in [1.807, 2.05) is 0 Å². The van der Waals surface area contributed by atoms with Gasteiger partial charge in [0.2, 0.25) is 11.7 Å². The predicted octanol–water partition coefficient (Wildman–Crippen LogP) is 2.56. The quantitative estimate of drug-likeness (QED) is 0.583. The van der Waals surface area contributed by atoms with E-state index in [1.54, 1.807) is 39.8 Å². The number of carbonyl (C=O) groups is 3. The first-order valence-corrected chi connectivity index (χ1v) is 8.23. The van der Waals surface area contributed by atoms with Crippen LogP contribution in [0.4, 0.5) is 0 Å². The molecule has 0 aliphatic heterocycles. The number of carbonyl (C=O) groups excluding carboxylic acids is 3. The number of benzene rings is 1. The fourth-order valence-electron chi connectivity index (χ4n) is 2.66. The summed E-state index contributed by atoms with van der Waals surface area (Å²) in [6.07, 6.45) is -0.791. The summed E-state index contributed by atoms with van der Waals surface area (Å²) in [7, 11) is 0. The molecule has 1 aromatic heterocycles. The van der Waals surface area contributed by atoms with Crippen molar-refractivity contribution in [2.45, 2.75) is 33.8 Å². The average molecular weight is 358 g/mol. The number of nitrogens with one attached hydrogen (secondary N) is 1. The number of nitrogens with two attached hydrogens (primary N) is 1. The maximum absolute atomic E-state index is 12.7. The summed E-state index contributed by atoms with van der Waals surface area (Å²) in [5.74, 6) is -0.861. The molecule has 1 amide bonds. The number of amides is 1. The number of aromatic amines is 1. The number of aromatic nitrogens is 1. The van der Waals surface area contributed by atoms with Crippen molar-refractivity contribution in [3.05, 3.63) is 52.3 Å². The first kappa shape index (κ1) is 19.2. The molecule has 2 aromatic rings. The molecule has 1 heterocycles. The summed E-state index contributed by atoms with van der Waals surface area (Å²) in [4.78, 5) is 38.8. The normalized spacial score (nSPS) is 11.7. The topological polar surface area (TPSA) is 111 Å². The first-order valence-electron chi connectivity index (χ1n) is 8.23. The lowest BCUT2D eigenvalue weighted by Crippen LogP contribution is -2.25. The highest BCUT2D eigenvalue weighted by Crippen LogP contribution is 2.22. The van der Waals surface area contributed by atoms with Crippen molar-refractivity contribution in [3.8, 4) is 5.75 Å². The molecule has 0 spiro atoms. The Bertz CT molecular complexity index is 836. The van der Waals surface area contributed by atoms with E-state index in [1.165, 1.54) is 12.1 Å². The van der Waals surface area contributed by atoms with E-state index in [2.05, 4.69) is 4.98 Å². The molecule has 0 saturated carbocycles. The lowest BCUT2D eigenvalue weighted by molar-refractivity contribution is 0.0524. The van der Waals surface area contributed by atoms with Gasteiger partial charge in [0.1, 0.15) is 5.75 Å². The number of ketones is 1. The van der Waals surface area contributed by atoms with Crippen LogP contribution in [0.1, 0.15) is 56.3 Å². The molecule has 0 aliphatic carbocycles. The molecule has 0 fully saturated rings. The van der Waals surface area contributed by atoms with Crippen LogP contribution < -0.4 is 10.5 Å². The number of primary amides is 1. The van der Waals surface area contributed by atoms with Crippen molar-refractivity contribution >= 4 is 17.7 Å². The van der Waals surface area contributed by atoms with Gasteiger partial charge in [-0.05, 0) is 57.5 Å². The molecular formula is C19H22N2O5. The Hall–Kier alpha value is -3.09. The molecule has 1 aromatic carbocycles. The SMILES string of the molecule is CCOC(=O)c1c(C)[nH]c(C(=O)[C@H](C)Oc2ccc(C(N)=O)cc2)c1C. The Morgan fingerprint density at radius 1 is 1.15 bits per heavy atom. The second-order valence-corrected chi connectivity index (χ2v) is 5.86. The smallest absolute Gasteiger partial charge is 0.340 e. The third-order valence-electron chi connectivity index (χ3n) is 3.98. The third-order valence-corrected chi connectivity index (χ3v) is 3.98. The van der Waals surface area contributed by atoms with E-state index < -0.39 is 18.0 Å². The molecule has 7 heteroatoms. The predicted molar refractivity (Wildman–Crippen MR) is 95.6 cm³/mol.